The number of rotatable bonds is 4. The van der Waals surface area contributed by atoms with Crippen LogP contribution in [-0.2, 0) is 4.43 Å². The zero-order chi connectivity index (χ0) is 11.3. The summed E-state index contributed by atoms with van der Waals surface area (Å²) in [6, 6.07) is 10.1. The Hall–Kier alpha value is -1.28. The predicted molar refractivity (Wildman–Crippen MR) is 69.0 cm³/mol. The van der Waals surface area contributed by atoms with Gasteiger partial charge in [0.15, 0.2) is 0 Å². The maximum atomic E-state index is 5.99. The second kappa shape index (κ2) is 4.98. The van der Waals surface area contributed by atoms with Crippen LogP contribution in [0.4, 0.5) is 0 Å². The van der Waals surface area contributed by atoms with Gasteiger partial charge in [-0.3, -0.25) is 0 Å². The molecule has 0 N–H and O–H groups in total. The largest absolute Gasteiger partial charge is 0.544 e. The predicted octanol–water partition coefficient (Wildman–Crippen LogP) is 4.07. The average molecular weight is 218 g/mol. The van der Waals surface area contributed by atoms with Gasteiger partial charge < -0.3 is 4.43 Å². The van der Waals surface area contributed by atoms with E-state index in [1.54, 1.807) is 6.08 Å². The molecule has 0 saturated carbocycles. The van der Waals surface area contributed by atoms with E-state index in [4.69, 9.17) is 4.43 Å². The number of allylic oxidation sites excluding steroid dienone is 2. The smallest absolute Gasteiger partial charge is 0.242 e. The van der Waals surface area contributed by atoms with Crippen LogP contribution < -0.4 is 0 Å². The molecule has 0 atom stereocenters. The van der Waals surface area contributed by atoms with Crippen molar-refractivity contribution in [3.63, 3.8) is 0 Å². The normalized spacial score (nSPS) is 12.3. The van der Waals surface area contributed by atoms with Gasteiger partial charge in [0.2, 0.25) is 8.32 Å². The summed E-state index contributed by atoms with van der Waals surface area (Å²) >= 11 is 0. The number of benzene rings is 1. The summed E-state index contributed by atoms with van der Waals surface area (Å²) in [7, 11) is -1.56. The number of hydrogen-bond acceptors (Lipinski definition) is 1. The van der Waals surface area contributed by atoms with E-state index in [-0.39, 0.29) is 0 Å². The first-order valence-electron chi connectivity index (χ1n) is 5.10. The Bertz CT molecular complexity index is 347. The highest BCUT2D eigenvalue weighted by Crippen LogP contribution is 2.20. The lowest BCUT2D eigenvalue weighted by atomic mass is 10.2. The highest BCUT2D eigenvalue weighted by atomic mass is 28.4. The summed E-state index contributed by atoms with van der Waals surface area (Å²) < 4.78 is 5.99. The molecule has 1 rings (SSSR count). The van der Waals surface area contributed by atoms with Gasteiger partial charge in [-0.05, 0) is 25.7 Å². The Morgan fingerprint density at radius 3 is 2.27 bits per heavy atom. The Morgan fingerprint density at radius 2 is 1.80 bits per heavy atom. The second-order valence-electron chi connectivity index (χ2n) is 4.35. The van der Waals surface area contributed by atoms with Crippen LogP contribution in [0.3, 0.4) is 0 Å². The van der Waals surface area contributed by atoms with Crippen molar-refractivity contribution < 1.29 is 4.43 Å². The van der Waals surface area contributed by atoms with Gasteiger partial charge in [0.05, 0.1) is 0 Å². The molecule has 2 heteroatoms. The summed E-state index contributed by atoms with van der Waals surface area (Å²) in [6.07, 6.45) is 3.69. The minimum absolute atomic E-state index is 0.921. The lowest BCUT2D eigenvalue weighted by Crippen LogP contribution is -2.24. The van der Waals surface area contributed by atoms with Gasteiger partial charge in [0.1, 0.15) is 5.76 Å². The van der Waals surface area contributed by atoms with Crippen LogP contribution in [0.5, 0.6) is 0 Å². The van der Waals surface area contributed by atoms with Gasteiger partial charge in [-0.2, -0.15) is 0 Å². The number of hydrogen-bond donors (Lipinski definition) is 0. The maximum Gasteiger partial charge on any atom is 0.242 e. The van der Waals surface area contributed by atoms with E-state index in [9.17, 15) is 0 Å². The summed E-state index contributed by atoms with van der Waals surface area (Å²) in [4.78, 5) is 0. The summed E-state index contributed by atoms with van der Waals surface area (Å²) in [5, 5.41) is 0. The molecule has 0 heterocycles. The van der Waals surface area contributed by atoms with E-state index >= 15 is 0 Å². The summed E-state index contributed by atoms with van der Waals surface area (Å²) in [6.45, 7) is 10.2. The van der Waals surface area contributed by atoms with Crippen molar-refractivity contribution in [2.24, 2.45) is 0 Å². The van der Waals surface area contributed by atoms with E-state index in [0.29, 0.717) is 0 Å². The molecule has 0 bridgehead atoms. The van der Waals surface area contributed by atoms with Gasteiger partial charge >= 0.3 is 0 Å². The van der Waals surface area contributed by atoms with Gasteiger partial charge in [0.25, 0.3) is 0 Å². The third kappa shape index (κ3) is 4.17. The fraction of sp³-hybridized carbons (Fsp3) is 0.231. The molecule has 0 saturated heterocycles. The van der Waals surface area contributed by atoms with Gasteiger partial charge in [-0.1, -0.05) is 43.0 Å². The van der Waals surface area contributed by atoms with Gasteiger partial charge in [-0.25, -0.2) is 0 Å². The minimum atomic E-state index is -1.56. The first-order valence-corrected chi connectivity index (χ1v) is 8.51. The molecule has 80 valence electrons. The van der Waals surface area contributed by atoms with E-state index < -0.39 is 8.32 Å². The third-order valence-corrected chi connectivity index (χ3v) is 2.58. The average Bonchev–Trinajstić information content (AvgIpc) is 2.17. The van der Waals surface area contributed by atoms with E-state index in [1.807, 2.05) is 24.3 Å². The molecule has 0 aromatic heterocycles. The molecular formula is C13H18OSi. The van der Waals surface area contributed by atoms with Gasteiger partial charge in [0, 0.05) is 5.56 Å². The zero-order valence-corrected chi connectivity index (χ0v) is 10.7. The Kier molecular flexibility index (Phi) is 3.92. The standard InChI is InChI=1S/C13H18OSi/c1-5-9-13(14-15(2,3)4)12-10-7-6-8-11-12/h5-11H,1H2,2-4H3. The highest BCUT2D eigenvalue weighted by Gasteiger charge is 2.17. The Labute approximate surface area is 93.2 Å². The van der Waals surface area contributed by atoms with Crippen molar-refractivity contribution in [1.29, 1.82) is 0 Å². The molecule has 0 aliphatic heterocycles. The molecule has 0 aliphatic rings. The monoisotopic (exact) mass is 218 g/mol. The lowest BCUT2D eigenvalue weighted by Gasteiger charge is -2.21. The second-order valence-corrected chi connectivity index (χ2v) is 8.78. The molecule has 0 aliphatic carbocycles. The third-order valence-electron chi connectivity index (χ3n) is 1.74. The summed E-state index contributed by atoms with van der Waals surface area (Å²) in [5.41, 5.74) is 1.11. The quantitative estimate of drug-likeness (QED) is 0.420. The molecule has 1 aromatic rings. The maximum absolute atomic E-state index is 5.99. The van der Waals surface area contributed by atoms with Gasteiger partial charge in [-0.15, -0.1) is 0 Å². The van der Waals surface area contributed by atoms with Crippen molar-refractivity contribution in [2.75, 3.05) is 0 Å². The van der Waals surface area contributed by atoms with Crippen molar-refractivity contribution in [3.05, 3.63) is 54.6 Å². The molecular weight excluding hydrogens is 200 g/mol. The van der Waals surface area contributed by atoms with Crippen LogP contribution in [0, 0.1) is 0 Å². The zero-order valence-electron chi connectivity index (χ0n) is 9.66. The highest BCUT2D eigenvalue weighted by molar-refractivity contribution is 6.70. The van der Waals surface area contributed by atoms with E-state index in [0.717, 1.165) is 11.3 Å². The lowest BCUT2D eigenvalue weighted by molar-refractivity contribution is 0.514. The van der Waals surface area contributed by atoms with Crippen LogP contribution >= 0.6 is 0 Å². The molecule has 0 amide bonds. The topological polar surface area (TPSA) is 9.23 Å². The Balaban J connectivity index is 2.95. The first kappa shape index (κ1) is 11.8. The minimum Gasteiger partial charge on any atom is -0.544 e. The molecule has 1 nitrogen and oxygen atoms in total. The summed E-state index contributed by atoms with van der Waals surface area (Å²) in [5.74, 6) is 0.921. The Morgan fingerprint density at radius 1 is 1.20 bits per heavy atom. The van der Waals surface area contributed by atoms with Crippen molar-refractivity contribution in [2.45, 2.75) is 19.6 Å². The molecule has 15 heavy (non-hydrogen) atoms. The first-order chi connectivity index (χ1) is 7.03. The SMILES string of the molecule is C=CC=C(O[Si](C)(C)C)c1ccccc1. The molecule has 0 radical (unpaired) electrons. The van der Waals surface area contributed by atoms with Crippen LogP contribution in [0.1, 0.15) is 5.56 Å². The van der Waals surface area contributed by atoms with Crippen LogP contribution in [0.2, 0.25) is 19.6 Å². The fourth-order valence-electron chi connectivity index (χ4n) is 1.23. The molecule has 0 spiro atoms. The van der Waals surface area contributed by atoms with E-state index in [2.05, 4.69) is 38.4 Å². The van der Waals surface area contributed by atoms with E-state index in [1.165, 1.54) is 0 Å². The molecule has 0 unspecified atom stereocenters. The van der Waals surface area contributed by atoms with Crippen LogP contribution in [0.15, 0.2) is 49.1 Å². The molecule has 0 fully saturated rings. The van der Waals surface area contributed by atoms with Crippen LogP contribution in [0.25, 0.3) is 5.76 Å². The van der Waals surface area contributed by atoms with Crippen molar-refractivity contribution >= 4 is 14.1 Å². The molecule has 1 aromatic carbocycles. The van der Waals surface area contributed by atoms with Crippen molar-refractivity contribution in [3.8, 4) is 0 Å². The fourth-order valence-corrected chi connectivity index (χ4v) is 2.07. The van der Waals surface area contributed by atoms with Crippen LogP contribution in [-0.4, -0.2) is 8.32 Å². The van der Waals surface area contributed by atoms with Crippen molar-refractivity contribution in [1.82, 2.24) is 0 Å².